The van der Waals surface area contributed by atoms with Gasteiger partial charge in [0.15, 0.2) is 5.16 Å². The quantitative estimate of drug-likeness (QED) is 0.784. The molecule has 4 nitrogen and oxygen atoms in total. The molecule has 5 heteroatoms. The minimum atomic E-state index is -0.0250. The predicted octanol–water partition coefficient (Wildman–Crippen LogP) is 2.32. The van der Waals surface area contributed by atoms with Crippen molar-refractivity contribution in [3.63, 3.8) is 0 Å². The maximum absolute atomic E-state index is 12.2. The van der Waals surface area contributed by atoms with Crippen molar-refractivity contribution in [2.45, 2.75) is 49.1 Å². The molecular weight excluding hydrogens is 246 g/mol. The van der Waals surface area contributed by atoms with E-state index in [-0.39, 0.29) is 11.2 Å². The smallest absolute Gasteiger partial charge is 0.235 e. The Morgan fingerprint density at radius 2 is 2.17 bits per heavy atom. The number of hydrogen-bond donors (Lipinski definition) is 0. The Morgan fingerprint density at radius 3 is 2.83 bits per heavy atom. The van der Waals surface area contributed by atoms with Gasteiger partial charge < -0.3 is 9.47 Å². The van der Waals surface area contributed by atoms with E-state index in [1.165, 1.54) is 12.8 Å². The molecule has 1 saturated heterocycles. The Kier molecular flexibility index (Phi) is 3.33. The molecule has 1 aliphatic heterocycles. The lowest BCUT2D eigenvalue weighted by Crippen LogP contribution is -2.34. The van der Waals surface area contributed by atoms with Crippen LogP contribution in [0.25, 0.3) is 0 Å². The number of carbonyl (C=O) groups is 1. The third-order valence-corrected chi connectivity index (χ3v) is 4.70. The first-order valence-electron chi connectivity index (χ1n) is 6.74. The van der Waals surface area contributed by atoms with Crippen molar-refractivity contribution >= 4 is 17.7 Å². The Hall–Kier alpha value is -0.970. The molecule has 1 aromatic rings. The van der Waals surface area contributed by atoms with Crippen LogP contribution in [0.15, 0.2) is 17.6 Å². The molecule has 0 spiro atoms. The Bertz CT molecular complexity index is 435. The van der Waals surface area contributed by atoms with Crippen LogP contribution in [0.2, 0.25) is 0 Å². The Balaban J connectivity index is 1.64. The van der Waals surface area contributed by atoms with Crippen LogP contribution in [0.5, 0.6) is 0 Å². The summed E-state index contributed by atoms with van der Waals surface area (Å²) < 4.78 is 2.22. The second-order valence-corrected chi connectivity index (χ2v) is 6.45. The van der Waals surface area contributed by atoms with Crippen LogP contribution in [-0.4, -0.2) is 38.7 Å². The molecule has 0 aromatic carbocycles. The summed E-state index contributed by atoms with van der Waals surface area (Å²) in [6, 6.07) is 0.629. The molecule has 1 atom stereocenters. The molecule has 0 radical (unpaired) electrons. The number of hydrogen-bond acceptors (Lipinski definition) is 3. The van der Waals surface area contributed by atoms with Crippen LogP contribution < -0.4 is 0 Å². The standard InChI is InChI=1S/C13H19N3OS/c1-10(12(17)15-7-2-3-8-15)18-13-14-6-9-16(13)11-4-5-11/h6,9-11H,2-5,7-8H2,1H3/t10-/m0/s1. The van der Waals surface area contributed by atoms with Crippen LogP contribution in [0.3, 0.4) is 0 Å². The van der Waals surface area contributed by atoms with Gasteiger partial charge in [-0.3, -0.25) is 4.79 Å². The molecule has 1 aliphatic carbocycles. The maximum atomic E-state index is 12.2. The average molecular weight is 265 g/mol. The minimum absolute atomic E-state index is 0.0250. The Morgan fingerprint density at radius 1 is 1.44 bits per heavy atom. The molecule has 2 heterocycles. The van der Waals surface area contributed by atoms with Crippen LogP contribution in [0.4, 0.5) is 0 Å². The summed E-state index contributed by atoms with van der Waals surface area (Å²) in [6.07, 6.45) is 8.68. The number of rotatable bonds is 4. The van der Waals surface area contributed by atoms with Crippen LogP contribution in [0, 0.1) is 0 Å². The average Bonchev–Trinajstić information content (AvgIpc) is 2.91. The molecule has 0 N–H and O–H groups in total. The molecule has 1 aromatic heterocycles. The Labute approximate surface area is 112 Å². The lowest BCUT2D eigenvalue weighted by atomic mass is 10.4. The number of imidazole rings is 1. The number of likely N-dealkylation sites (tertiary alicyclic amines) is 1. The largest absolute Gasteiger partial charge is 0.342 e. The van der Waals surface area contributed by atoms with E-state index in [2.05, 4.69) is 9.55 Å². The normalized spacial score (nSPS) is 21.3. The molecule has 1 saturated carbocycles. The van der Waals surface area contributed by atoms with Gasteiger partial charge in [0.1, 0.15) is 0 Å². The van der Waals surface area contributed by atoms with Gasteiger partial charge in [-0.2, -0.15) is 0 Å². The summed E-state index contributed by atoms with van der Waals surface area (Å²) in [5.41, 5.74) is 0. The van der Waals surface area contributed by atoms with Gasteiger partial charge in [0.2, 0.25) is 5.91 Å². The zero-order valence-electron chi connectivity index (χ0n) is 10.7. The van der Waals surface area contributed by atoms with E-state index < -0.39 is 0 Å². The van der Waals surface area contributed by atoms with Crippen molar-refractivity contribution in [3.05, 3.63) is 12.4 Å². The van der Waals surface area contributed by atoms with Gasteiger partial charge in [-0.15, -0.1) is 0 Å². The molecule has 2 aliphatic rings. The summed E-state index contributed by atoms with van der Waals surface area (Å²) in [7, 11) is 0. The van der Waals surface area contributed by atoms with Crippen LogP contribution >= 0.6 is 11.8 Å². The second kappa shape index (κ2) is 4.96. The monoisotopic (exact) mass is 265 g/mol. The van der Waals surface area contributed by atoms with E-state index in [1.54, 1.807) is 11.8 Å². The van der Waals surface area contributed by atoms with Gasteiger partial charge in [-0.25, -0.2) is 4.98 Å². The summed E-state index contributed by atoms with van der Waals surface area (Å²) in [5.74, 6) is 0.267. The van der Waals surface area contributed by atoms with Crippen LogP contribution in [0.1, 0.15) is 38.6 Å². The van der Waals surface area contributed by atoms with Crippen molar-refractivity contribution in [2.75, 3.05) is 13.1 Å². The van der Waals surface area contributed by atoms with Gasteiger partial charge >= 0.3 is 0 Å². The third-order valence-electron chi connectivity index (χ3n) is 3.62. The molecule has 98 valence electrons. The molecular formula is C13H19N3OS. The van der Waals surface area contributed by atoms with E-state index in [0.29, 0.717) is 6.04 Å². The zero-order chi connectivity index (χ0) is 12.5. The van der Waals surface area contributed by atoms with Crippen molar-refractivity contribution in [2.24, 2.45) is 0 Å². The van der Waals surface area contributed by atoms with Gasteiger partial charge in [-0.05, 0) is 32.6 Å². The molecule has 0 bridgehead atoms. The van der Waals surface area contributed by atoms with Crippen molar-refractivity contribution < 1.29 is 4.79 Å². The highest BCUT2D eigenvalue weighted by atomic mass is 32.2. The summed E-state index contributed by atoms with van der Waals surface area (Å²) in [5, 5.41) is 0.973. The number of amides is 1. The molecule has 0 unspecified atom stereocenters. The number of thioether (sulfide) groups is 1. The number of carbonyl (C=O) groups excluding carboxylic acids is 1. The van der Waals surface area contributed by atoms with Crippen molar-refractivity contribution in [1.29, 1.82) is 0 Å². The first-order valence-corrected chi connectivity index (χ1v) is 7.62. The van der Waals surface area contributed by atoms with E-state index in [4.69, 9.17) is 0 Å². The number of aromatic nitrogens is 2. The van der Waals surface area contributed by atoms with Crippen molar-refractivity contribution in [3.8, 4) is 0 Å². The van der Waals surface area contributed by atoms with E-state index >= 15 is 0 Å². The van der Waals surface area contributed by atoms with E-state index in [1.807, 2.05) is 24.2 Å². The van der Waals surface area contributed by atoms with Gasteiger partial charge in [0, 0.05) is 31.5 Å². The molecule has 3 rings (SSSR count). The summed E-state index contributed by atoms with van der Waals surface area (Å²) in [6.45, 7) is 3.86. The zero-order valence-corrected chi connectivity index (χ0v) is 11.5. The SMILES string of the molecule is C[C@H](Sc1nccn1C1CC1)C(=O)N1CCCC1. The lowest BCUT2D eigenvalue weighted by Gasteiger charge is -2.19. The second-order valence-electron chi connectivity index (χ2n) is 5.14. The first kappa shape index (κ1) is 12.1. The highest BCUT2D eigenvalue weighted by molar-refractivity contribution is 8.00. The van der Waals surface area contributed by atoms with Crippen molar-refractivity contribution in [1.82, 2.24) is 14.5 Å². The minimum Gasteiger partial charge on any atom is -0.342 e. The predicted molar refractivity (Wildman–Crippen MR) is 71.6 cm³/mol. The third kappa shape index (κ3) is 2.41. The summed E-state index contributed by atoms with van der Waals surface area (Å²) >= 11 is 1.60. The first-order chi connectivity index (χ1) is 8.75. The highest BCUT2D eigenvalue weighted by Crippen LogP contribution is 2.38. The van der Waals surface area contributed by atoms with Gasteiger partial charge in [0.25, 0.3) is 0 Å². The number of nitrogens with zero attached hydrogens (tertiary/aromatic N) is 3. The fraction of sp³-hybridized carbons (Fsp3) is 0.692. The maximum Gasteiger partial charge on any atom is 0.235 e. The molecule has 2 fully saturated rings. The van der Waals surface area contributed by atoms with Gasteiger partial charge in [-0.1, -0.05) is 11.8 Å². The fourth-order valence-corrected chi connectivity index (χ4v) is 3.44. The van der Waals surface area contributed by atoms with Crippen LogP contribution in [-0.2, 0) is 4.79 Å². The fourth-order valence-electron chi connectivity index (χ4n) is 2.42. The highest BCUT2D eigenvalue weighted by Gasteiger charge is 2.29. The molecule has 18 heavy (non-hydrogen) atoms. The topological polar surface area (TPSA) is 38.1 Å². The van der Waals surface area contributed by atoms with E-state index in [9.17, 15) is 4.79 Å². The summed E-state index contributed by atoms with van der Waals surface area (Å²) in [4.78, 5) is 18.6. The van der Waals surface area contributed by atoms with E-state index in [0.717, 1.165) is 31.1 Å². The molecule has 1 amide bonds. The lowest BCUT2D eigenvalue weighted by molar-refractivity contribution is -0.129. The van der Waals surface area contributed by atoms with Gasteiger partial charge in [0.05, 0.1) is 5.25 Å².